The number of hydrogen-bond donors (Lipinski definition) is 0. The highest BCUT2D eigenvalue weighted by molar-refractivity contribution is 6.00. The standard InChI is InChI=1S/C30H30N4O5/c1-17-6-9-19(10-7-17)38-15-24-32-28-27-25(18-8-11-21(36-4)22(12-18)37-5)26-20(35)13-30(2,3)14-23(26)39-29(27)31-16-34(28)33-24/h6-12,16,25H,13-15H2,1-5H3. The zero-order chi connectivity index (χ0) is 27.3. The third-order valence-corrected chi connectivity index (χ3v) is 7.24. The Morgan fingerprint density at radius 3 is 2.56 bits per heavy atom. The zero-order valence-electron chi connectivity index (χ0n) is 22.6. The van der Waals surface area contributed by atoms with Crippen LogP contribution in [0.2, 0.25) is 0 Å². The van der Waals surface area contributed by atoms with E-state index < -0.39 is 5.92 Å². The highest BCUT2D eigenvalue weighted by Crippen LogP contribution is 2.51. The van der Waals surface area contributed by atoms with E-state index in [1.165, 1.54) is 0 Å². The third-order valence-electron chi connectivity index (χ3n) is 7.24. The molecule has 2 aromatic heterocycles. The number of aryl methyl sites for hydroxylation is 1. The van der Waals surface area contributed by atoms with Crippen LogP contribution in [0.5, 0.6) is 23.1 Å². The van der Waals surface area contributed by atoms with Crippen molar-refractivity contribution in [1.29, 1.82) is 0 Å². The molecule has 9 nitrogen and oxygen atoms in total. The number of nitrogens with zero attached hydrogens (tertiary/aromatic N) is 4. The van der Waals surface area contributed by atoms with Gasteiger partial charge < -0.3 is 18.9 Å². The van der Waals surface area contributed by atoms with Gasteiger partial charge in [0.15, 0.2) is 28.8 Å². The molecule has 0 bridgehead atoms. The summed E-state index contributed by atoms with van der Waals surface area (Å²) < 4.78 is 24.9. The first-order valence-corrected chi connectivity index (χ1v) is 12.9. The molecule has 1 aliphatic heterocycles. The van der Waals surface area contributed by atoms with Crippen molar-refractivity contribution in [2.75, 3.05) is 14.2 Å². The van der Waals surface area contributed by atoms with Crippen LogP contribution in [0.15, 0.2) is 60.1 Å². The van der Waals surface area contributed by atoms with Gasteiger partial charge >= 0.3 is 0 Å². The summed E-state index contributed by atoms with van der Waals surface area (Å²) in [5.74, 6) is 3.07. The summed E-state index contributed by atoms with van der Waals surface area (Å²) in [6.07, 6.45) is 2.64. The van der Waals surface area contributed by atoms with Gasteiger partial charge in [0.2, 0.25) is 5.88 Å². The van der Waals surface area contributed by atoms with Crippen LogP contribution in [0.1, 0.15) is 55.1 Å². The zero-order valence-corrected chi connectivity index (χ0v) is 22.6. The third kappa shape index (κ3) is 4.47. The number of allylic oxidation sites excluding steroid dienone is 2. The number of aromatic nitrogens is 4. The molecule has 0 amide bonds. The van der Waals surface area contributed by atoms with Crippen LogP contribution in [0.4, 0.5) is 0 Å². The minimum atomic E-state index is -0.460. The summed E-state index contributed by atoms with van der Waals surface area (Å²) in [5, 5.41) is 4.61. The van der Waals surface area contributed by atoms with Crippen molar-refractivity contribution in [3.8, 4) is 23.1 Å². The quantitative estimate of drug-likeness (QED) is 0.338. The first kappa shape index (κ1) is 24.9. The van der Waals surface area contributed by atoms with Gasteiger partial charge in [0.1, 0.15) is 24.4 Å². The van der Waals surface area contributed by atoms with Gasteiger partial charge in [-0.05, 0) is 42.2 Å². The molecule has 0 fully saturated rings. The Balaban J connectivity index is 1.48. The first-order chi connectivity index (χ1) is 18.8. The molecule has 3 heterocycles. The van der Waals surface area contributed by atoms with E-state index in [0.717, 1.165) is 16.9 Å². The summed E-state index contributed by atoms with van der Waals surface area (Å²) >= 11 is 0. The molecule has 9 heteroatoms. The number of rotatable bonds is 6. The Bertz CT molecular complexity index is 1620. The first-order valence-electron chi connectivity index (χ1n) is 12.9. The number of hydrogen-bond acceptors (Lipinski definition) is 8. The molecule has 2 aliphatic rings. The number of ketones is 1. The molecule has 4 aromatic rings. The molecule has 39 heavy (non-hydrogen) atoms. The predicted octanol–water partition coefficient (Wildman–Crippen LogP) is 5.20. The Hall–Kier alpha value is -4.40. The summed E-state index contributed by atoms with van der Waals surface area (Å²) in [6.45, 7) is 6.37. The molecule has 0 radical (unpaired) electrons. The minimum Gasteiger partial charge on any atom is -0.493 e. The smallest absolute Gasteiger partial charge is 0.228 e. The minimum absolute atomic E-state index is 0.0520. The molecule has 0 saturated carbocycles. The van der Waals surface area contributed by atoms with Crippen LogP contribution >= 0.6 is 0 Å². The van der Waals surface area contributed by atoms with Gasteiger partial charge in [-0.2, -0.15) is 0 Å². The van der Waals surface area contributed by atoms with Crippen LogP contribution in [-0.2, 0) is 11.4 Å². The van der Waals surface area contributed by atoms with Crippen molar-refractivity contribution in [3.63, 3.8) is 0 Å². The summed E-state index contributed by atoms with van der Waals surface area (Å²) in [6, 6.07) is 13.5. The van der Waals surface area contributed by atoms with Gasteiger partial charge in [0, 0.05) is 18.4 Å². The van der Waals surface area contributed by atoms with Crippen LogP contribution < -0.4 is 18.9 Å². The second-order valence-corrected chi connectivity index (χ2v) is 10.8. The molecule has 6 rings (SSSR count). The second-order valence-electron chi connectivity index (χ2n) is 10.8. The fraction of sp³-hybridized carbons (Fsp3) is 0.333. The van der Waals surface area contributed by atoms with Crippen molar-refractivity contribution in [2.45, 2.75) is 46.1 Å². The molecule has 2 aromatic carbocycles. The normalized spacial score (nSPS) is 17.9. The lowest BCUT2D eigenvalue weighted by Gasteiger charge is -2.37. The SMILES string of the molecule is COc1ccc(C2C3=C(CC(C)(C)CC3=O)Oc3ncn4nc(COc5ccc(C)cc5)nc4c32)cc1OC. The van der Waals surface area contributed by atoms with E-state index in [1.807, 2.05) is 49.4 Å². The van der Waals surface area contributed by atoms with Crippen molar-refractivity contribution in [2.24, 2.45) is 5.41 Å². The van der Waals surface area contributed by atoms with Crippen LogP contribution in [0.25, 0.3) is 5.65 Å². The van der Waals surface area contributed by atoms with Crippen molar-refractivity contribution in [3.05, 3.63) is 82.6 Å². The maximum Gasteiger partial charge on any atom is 0.228 e. The lowest BCUT2D eigenvalue weighted by Crippen LogP contribution is -2.33. The molecular weight excluding hydrogens is 496 g/mol. The maximum absolute atomic E-state index is 13.7. The highest BCUT2D eigenvalue weighted by Gasteiger charge is 2.44. The Morgan fingerprint density at radius 2 is 1.82 bits per heavy atom. The van der Waals surface area contributed by atoms with Crippen LogP contribution in [0, 0.1) is 12.3 Å². The fourth-order valence-corrected chi connectivity index (χ4v) is 5.40. The Kier molecular flexibility index (Phi) is 6.01. The van der Waals surface area contributed by atoms with Crippen LogP contribution in [0.3, 0.4) is 0 Å². The van der Waals surface area contributed by atoms with Crippen LogP contribution in [-0.4, -0.2) is 39.6 Å². The molecule has 1 unspecified atom stereocenters. The average Bonchev–Trinajstić information content (AvgIpc) is 3.34. The number of ether oxygens (including phenoxy) is 4. The van der Waals surface area contributed by atoms with Gasteiger partial charge in [0.05, 0.1) is 25.7 Å². The fourth-order valence-electron chi connectivity index (χ4n) is 5.40. The van der Waals surface area contributed by atoms with Crippen molar-refractivity contribution >= 4 is 11.4 Å². The van der Waals surface area contributed by atoms with Gasteiger partial charge in [-0.25, -0.2) is 14.5 Å². The number of Topliss-reactive ketones (excluding diaryl/α,β-unsaturated/α-hetero) is 1. The highest BCUT2D eigenvalue weighted by atomic mass is 16.5. The van der Waals surface area contributed by atoms with E-state index in [1.54, 1.807) is 25.1 Å². The van der Waals surface area contributed by atoms with Gasteiger partial charge in [-0.1, -0.05) is 37.6 Å². The molecule has 1 aliphatic carbocycles. The van der Waals surface area contributed by atoms with Gasteiger partial charge in [-0.15, -0.1) is 5.10 Å². The van der Waals surface area contributed by atoms with E-state index in [2.05, 4.69) is 23.9 Å². The van der Waals surface area contributed by atoms with E-state index >= 15 is 0 Å². The second kappa shape index (κ2) is 9.41. The number of methoxy groups -OCH3 is 2. The summed E-state index contributed by atoms with van der Waals surface area (Å²) in [4.78, 5) is 23.1. The lowest BCUT2D eigenvalue weighted by atomic mass is 9.70. The van der Waals surface area contributed by atoms with E-state index in [-0.39, 0.29) is 17.8 Å². The van der Waals surface area contributed by atoms with Gasteiger partial charge in [-0.3, -0.25) is 4.79 Å². The molecule has 1 atom stereocenters. The summed E-state index contributed by atoms with van der Waals surface area (Å²) in [5.41, 5.74) is 3.67. The molecule has 200 valence electrons. The average molecular weight is 527 g/mol. The van der Waals surface area contributed by atoms with Gasteiger partial charge in [0.25, 0.3) is 0 Å². The predicted molar refractivity (Wildman–Crippen MR) is 143 cm³/mol. The maximum atomic E-state index is 13.7. The topological polar surface area (TPSA) is 97.1 Å². The van der Waals surface area contributed by atoms with E-state index in [0.29, 0.717) is 58.6 Å². The Morgan fingerprint density at radius 1 is 1.05 bits per heavy atom. The van der Waals surface area contributed by atoms with E-state index in [9.17, 15) is 4.79 Å². The molecule has 0 saturated heterocycles. The molecule has 0 spiro atoms. The number of carbonyl (C=O) groups excluding carboxylic acids is 1. The Labute approximate surface area is 226 Å². The molecule has 0 N–H and O–H groups in total. The summed E-state index contributed by atoms with van der Waals surface area (Å²) in [7, 11) is 3.19. The monoisotopic (exact) mass is 526 g/mol. The van der Waals surface area contributed by atoms with Crippen molar-refractivity contribution < 1.29 is 23.7 Å². The number of fused-ring (bicyclic) bond motifs is 3. The largest absolute Gasteiger partial charge is 0.493 e. The number of carbonyl (C=O) groups is 1. The number of benzene rings is 2. The lowest BCUT2D eigenvalue weighted by molar-refractivity contribution is -0.118. The van der Waals surface area contributed by atoms with Crippen molar-refractivity contribution in [1.82, 2.24) is 19.6 Å². The van der Waals surface area contributed by atoms with E-state index in [4.69, 9.17) is 23.9 Å². The molecular formula is C30H30N4O5.